The topological polar surface area (TPSA) is 100 Å². The quantitative estimate of drug-likeness (QED) is 0.0217. The first-order chi connectivity index (χ1) is 28.6. The summed E-state index contributed by atoms with van der Waals surface area (Å²) in [5, 5.41) is 11.8. The van der Waals surface area contributed by atoms with Gasteiger partial charge in [-0.3, -0.25) is 14.8 Å². The Hall–Kier alpha value is -3.41. The van der Waals surface area contributed by atoms with Gasteiger partial charge in [0.25, 0.3) is 0 Å². The Morgan fingerprint density at radius 3 is 1.44 bits per heavy atom. The lowest BCUT2D eigenvalue weighted by Crippen LogP contribution is -2.09. The predicted octanol–water partition coefficient (Wildman–Crippen LogP) is 13.9. The molecule has 2 aromatic carbocycles. The number of nitrogens with zero attached hydrogens (tertiary/aromatic N) is 2. The first kappa shape index (κ1) is 55.6. The van der Waals surface area contributed by atoms with Crippen LogP contribution in [0, 0.1) is 0 Å². The molecule has 324 valence electrons. The van der Waals surface area contributed by atoms with Gasteiger partial charge in [0.2, 0.25) is 5.24 Å². The second-order valence-corrected chi connectivity index (χ2v) is 16.2. The lowest BCUT2D eigenvalue weighted by atomic mass is 10.1. The second kappa shape index (κ2) is 38.8. The van der Waals surface area contributed by atoms with Crippen LogP contribution in [0.15, 0.2) is 108 Å². The van der Waals surface area contributed by atoms with E-state index in [-0.39, 0.29) is 18.6 Å². The number of ether oxygens (including phenoxy) is 1. The largest absolute Gasteiger partial charge is 0.458 e. The normalized spacial score (nSPS) is 10.2. The van der Waals surface area contributed by atoms with E-state index in [1.165, 1.54) is 77.3 Å². The Morgan fingerprint density at radius 1 is 0.678 bits per heavy atom. The van der Waals surface area contributed by atoms with E-state index < -0.39 is 11.2 Å². The number of aliphatic hydroxyl groups excluding tert-OH is 1. The third kappa shape index (κ3) is 31.2. The molecule has 4 rings (SSSR count). The van der Waals surface area contributed by atoms with Crippen molar-refractivity contribution >= 4 is 92.5 Å². The van der Waals surface area contributed by atoms with E-state index in [1.807, 2.05) is 83.6 Å². The second-order valence-electron chi connectivity index (χ2n) is 12.6. The number of allylic oxidation sites excluding steroid dienone is 1. The Morgan fingerprint density at radius 2 is 1.10 bits per heavy atom. The number of alkyl halides is 2. The molecule has 4 aromatic rings. The van der Waals surface area contributed by atoms with Crippen molar-refractivity contribution in [1.29, 1.82) is 0 Å². The molecule has 2 heterocycles. The zero-order chi connectivity index (χ0) is 43.9. The van der Waals surface area contributed by atoms with Gasteiger partial charge in [0.05, 0.1) is 23.3 Å². The first-order valence-corrected chi connectivity index (χ1v) is 23.2. The maximum Gasteiger partial charge on any atom is 0.330 e. The molecule has 0 spiro atoms. The van der Waals surface area contributed by atoms with Crippen LogP contribution in [0.4, 0.5) is 11.4 Å². The number of aryl methyl sites for hydroxylation is 2. The number of rotatable bonds is 21. The number of aliphatic hydroxyl groups is 1. The molecule has 0 amide bonds. The van der Waals surface area contributed by atoms with Crippen molar-refractivity contribution in [2.75, 3.05) is 18.4 Å². The maximum atomic E-state index is 11.0. The van der Waals surface area contributed by atoms with Crippen molar-refractivity contribution < 1.29 is 19.4 Å². The van der Waals surface area contributed by atoms with E-state index in [0.717, 1.165) is 54.2 Å². The molecule has 0 atom stereocenters. The molecule has 0 aliphatic heterocycles. The summed E-state index contributed by atoms with van der Waals surface area (Å²) in [7, 11) is 0. The van der Waals surface area contributed by atoms with E-state index in [0.29, 0.717) is 0 Å². The van der Waals surface area contributed by atoms with Crippen molar-refractivity contribution in [1.82, 2.24) is 5.32 Å². The summed E-state index contributed by atoms with van der Waals surface area (Å²) in [6.45, 7) is 17.7. The van der Waals surface area contributed by atoms with Crippen molar-refractivity contribution in [2.24, 2.45) is 9.98 Å². The van der Waals surface area contributed by atoms with Gasteiger partial charge in [-0.05, 0) is 116 Å². The summed E-state index contributed by atoms with van der Waals surface area (Å²) < 4.78 is 5.00. The maximum absolute atomic E-state index is 11.0. The summed E-state index contributed by atoms with van der Waals surface area (Å²) in [4.78, 5) is 34.8. The van der Waals surface area contributed by atoms with Crippen LogP contribution in [0.25, 0.3) is 0 Å². The van der Waals surface area contributed by atoms with Gasteiger partial charge in [0.15, 0.2) is 0 Å². The molecule has 2 aromatic heterocycles. The van der Waals surface area contributed by atoms with Crippen LogP contribution < -0.4 is 5.32 Å². The van der Waals surface area contributed by atoms with Gasteiger partial charge in [-0.2, -0.15) is 0 Å². The fourth-order valence-corrected chi connectivity index (χ4v) is 6.61. The summed E-state index contributed by atoms with van der Waals surface area (Å²) in [6, 6.07) is 24.0. The standard InChI is InChI=1S/C21H25NO2S.C18H23NOS.C4H11N.C3H3ClO.CH2Cl2/c1-3-5-6-7-8-19-13-14-20(25-19)15-22-18-11-9-17(10-12-18)16-24-21(23)4-2;1-2-3-4-5-6-17-11-12-18(21-17)13-19-16-9-7-15(14-20)8-10-16;1-3-5-4-2;1-2-3(4)5;2-1-3/h4,9-15H,2-3,5-8,16H2,1H3;7-13,20H,2-6,14H2,1H3;5H,3-4H2,1-2H3;2H,1H2;1H2. The molecule has 0 unspecified atom stereocenters. The van der Waals surface area contributed by atoms with Crippen molar-refractivity contribution in [3.8, 4) is 0 Å². The molecule has 7 nitrogen and oxygen atoms in total. The van der Waals surface area contributed by atoms with Crippen LogP contribution in [-0.2, 0) is 40.4 Å². The number of carbonyl (C=O) groups excluding carboxylic acids is 2. The Kier molecular flexibility index (Phi) is 36.5. The average Bonchev–Trinajstić information content (AvgIpc) is 3.92. The number of halogens is 3. The monoisotopic (exact) mass is 903 g/mol. The minimum absolute atomic E-state index is 0.0797. The van der Waals surface area contributed by atoms with E-state index >= 15 is 0 Å². The van der Waals surface area contributed by atoms with Gasteiger partial charge < -0.3 is 15.2 Å². The molecule has 0 aliphatic rings. The lowest BCUT2D eigenvalue weighted by molar-refractivity contribution is -0.139. The molecule has 0 aliphatic carbocycles. The molecule has 12 heteroatoms. The number of benzene rings is 2. The lowest BCUT2D eigenvalue weighted by Gasteiger charge is -2.02. The van der Waals surface area contributed by atoms with Gasteiger partial charge in [-0.1, -0.05) is 104 Å². The highest BCUT2D eigenvalue weighted by Gasteiger charge is 2.01. The van der Waals surface area contributed by atoms with Crippen molar-refractivity contribution in [3.05, 3.63) is 129 Å². The van der Waals surface area contributed by atoms with Gasteiger partial charge >= 0.3 is 5.97 Å². The zero-order valence-electron chi connectivity index (χ0n) is 35.3. The number of hydrogen-bond donors (Lipinski definition) is 2. The zero-order valence-corrected chi connectivity index (χ0v) is 39.2. The highest BCUT2D eigenvalue weighted by atomic mass is 35.5. The minimum atomic E-state index is -0.509. The fraction of sp³-hybridized carbons (Fsp3) is 0.404. The molecule has 0 bridgehead atoms. The minimum Gasteiger partial charge on any atom is -0.458 e. The molecule has 0 fully saturated rings. The number of hydrogen-bond acceptors (Lipinski definition) is 9. The Bertz CT molecular complexity index is 1720. The van der Waals surface area contributed by atoms with Crippen LogP contribution in [-0.4, -0.2) is 47.2 Å². The molecule has 59 heavy (non-hydrogen) atoms. The van der Waals surface area contributed by atoms with E-state index in [2.05, 4.69) is 80.4 Å². The molecule has 0 saturated carbocycles. The molecular formula is C47H64Cl3N3O4S2. The SMILES string of the molecule is C=CC(=O)Cl.C=CC(=O)OCc1ccc(N=Cc2ccc(CCCCCC)s2)cc1.CCCCCCc1ccc(C=Nc2ccc(CO)cc2)s1.CCNCC.ClCCl. The summed E-state index contributed by atoms with van der Waals surface area (Å²) in [5.74, 6) is -0.412. The summed E-state index contributed by atoms with van der Waals surface area (Å²) in [5.41, 5.74) is 3.65. The number of thiophene rings is 2. The number of unbranched alkanes of at least 4 members (excludes halogenated alkanes) is 6. The third-order valence-electron chi connectivity index (χ3n) is 7.86. The molecular weight excluding hydrogens is 841 g/mol. The van der Waals surface area contributed by atoms with Crippen LogP contribution in [0.3, 0.4) is 0 Å². The number of esters is 1. The predicted molar refractivity (Wildman–Crippen MR) is 259 cm³/mol. The number of nitrogens with one attached hydrogen (secondary N) is 1. The smallest absolute Gasteiger partial charge is 0.330 e. The summed E-state index contributed by atoms with van der Waals surface area (Å²) >= 11 is 17.9. The van der Waals surface area contributed by atoms with Crippen LogP contribution >= 0.6 is 57.5 Å². The average molecular weight is 906 g/mol. The first-order valence-electron chi connectivity index (χ1n) is 20.1. The molecule has 2 N–H and O–H groups in total. The highest BCUT2D eigenvalue weighted by Crippen LogP contribution is 2.21. The highest BCUT2D eigenvalue weighted by molar-refractivity contribution is 7.14. The van der Waals surface area contributed by atoms with E-state index in [9.17, 15) is 9.59 Å². The van der Waals surface area contributed by atoms with Crippen LogP contribution in [0.5, 0.6) is 0 Å². The van der Waals surface area contributed by atoms with E-state index in [4.69, 9.17) is 44.6 Å². The van der Waals surface area contributed by atoms with Crippen LogP contribution in [0.2, 0.25) is 0 Å². The Labute approximate surface area is 377 Å². The van der Waals surface area contributed by atoms with Gasteiger partial charge in [-0.15, -0.1) is 45.9 Å². The van der Waals surface area contributed by atoms with Gasteiger partial charge in [-0.25, -0.2) is 4.79 Å². The van der Waals surface area contributed by atoms with Crippen molar-refractivity contribution in [3.63, 3.8) is 0 Å². The Balaban J connectivity index is 0.000000886. The van der Waals surface area contributed by atoms with Crippen LogP contribution in [0.1, 0.15) is 110 Å². The third-order valence-corrected chi connectivity index (χ3v) is 10.2. The van der Waals surface area contributed by atoms with E-state index in [1.54, 1.807) is 0 Å². The van der Waals surface area contributed by atoms with Gasteiger partial charge in [0.1, 0.15) is 6.61 Å². The fourth-order valence-electron chi connectivity index (χ4n) is 4.75. The molecule has 0 radical (unpaired) electrons. The number of aliphatic imine (C=N–C) groups is 2. The van der Waals surface area contributed by atoms with Crippen molar-refractivity contribution in [2.45, 2.75) is 105 Å². The molecule has 0 saturated heterocycles. The van der Waals surface area contributed by atoms with Gasteiger partial charge in [0, 0.05) is 38.0 Å². The summed E-state index contributed by atoms with van der Waals surface area (Å²) in [6.07, 6.45) is 18.8. The number of carbonyl (C=O) groups is 2.